The number of pyridine rings is 1. The van der Waals surface area contributed by atoms with Gasteiger partial charge in [0.1, 0.15) is 5.82 Å². The fourth-order valence-electron chi connectivity index (χ4n) is 1.65. The van der Waals surface area contributed by atoms with Gasteiger partial charge in [-0.15, -0.1) is 0 Å². The third-order valence-electron chi connectivity index (χ3n) is 2.66. The summed E-state index contributed by atoms with van der Waals surface area (Å²) in [6.07, 6.45) is 1.35. The van der Waals surface area contributed by atoms with Gasteiger partial charge >= 0.3 is 5.97 Å². The highest BCUT2D eigenvalue weighted by Crippen LogP contribution is 2.26. The van der Waals surface area contributed by atoms with E-state index in [1.54, 1.807) is 13.0 Å². The number of anilines is 3. The van der Waals surface area contributed by atoms with Gasteiger partial charge in [0.15, 0.2) is 5.82 Å². The lowest BCUT2D eigenvalue weighted by atomic mass is 10.2. The standard InChI is InChI=1S/C13H12FN3O2/c1-7-6-8(14)2-3-10(7)17-12-11(15)9(13(18)19)4-5-16-12/h2-6H,15H2,1H3,(H,16,17)(H,18,19). The van der Waals surface area contributed by atoms with E-state index < -0.39 is 5.97 Å². The molecule has 0 bridgehead atoms. The molecular formula is C13H12FN3O2. The molecule has 5 nitrogen and oxygen atoms in total. The van der Waals surface area contributed by atoms with Crippen molar-refractivity contribution in [2.24, 2.45) is 0 Å². The Labute approximate surface area is 108 Å². The van der Waals surface area contributed by atoms with E-state index in [1.165, 1.54) is 24.4 Å². The third-order valence-corrected chi connectivity index (χ3v) is 2.66. The molecule has 0 amide bonds. The molecular weight excluding hydrogens is 249 g/mol. The summed E-state index contributed by atoms with van der Waals surface area (Å²) in [7, 11) is 0. The van der Waals surface area contributed by atoms with Crippen molar-refractivity contribution in [2.75, 3.05) is 11.1 Å². The molecule has 1 aromatic carbocycles. The monoisotopic (exact) mass is 261 g/mol. The van der Waals surface area contributed by atoms with Crippen molar-refractivity contribution in [3.8, 4) is 0 Å². The van der Waals surface area contributed by atoms with Crippen LogP contribution in [0.15, 0.2) is 30.5 Å². The van der Waals surface area contributed by atoms with E-state index in [9.17, 15) is 9.18 Å². The molecule has 6 heteroatoms. The van der Waals surface area contributed by atoms with Crippen molar-refractivity contribution in [3.63, 3.8) is 0 Å². The second-order valence-corrected chi connectivity index (χ2v) is 4.01. The Hall–Kier alpha value is -2.63. The summed E-state index contributed by atoms with van der Waals surface area (Å²) < 4.78 is 13.0. The Morgan fingerprint density at radius 3 is 2.79 bits per heavy atom. The highest BCUT2D eigenvalue weighted by atomic mass is 19.1. The zero-order chi connectivity index (χ0) is 14.0. The molecule has 0 radical (unpaired) electrons. The molecule has 2 rings (SSSR count). The van der Waals surface area contributed by atoms with Crippen molar-refractivity contribution >= 4 is 23.2 Å². The summed E-state index contributed by atoms with van der Waals surface area (Å²) in [6.45, 7) is 1.72. The molecule has 1 aromatic heterocycles. The van der Waals surface area contributed by atoms with E-state index in [0.717, 1.165) is 0 Å². The smallest absolute Gasteiger partial charge is 0.337 e. The summed E-state index contributed by atoms with van der Waals surface area (Å²) in [6, 6.07) is 5.52. The van der Waals surface area contributed by atoms with Crippen LogP contribution >= 0.6 is 0 Å². The number of nitrogens with zero attached hydrogens (tertiary/aromatic N) is 1. The predicted octanol–water partition coefficient (Wildman–Crippen LogP) is 2.55. The Bertz CT molecular complexity index is 644. The number of aromatic nitrogens is 1. The van der Waals surface area contributed by atoms with Crippen LogP contribution in [0.3, 0.4) is 0 Å². The number of aromatic carboxylic acids is 1. The molecule has 0 saturated carbocycles. The SMILES string of the molecule is Cc1cc(F)ccc1Nc1nccc(C(=O)O)c1N. The average Bonchev–Trinajstić information content (AvgIpc) is 2.34. The highest BCUT2D eigenvalue weighted by molar-refractivity contribution is 5.96. The van der Waals surface area contributed by atoms with Crippen molar-refractivity contribution in [3.05, 3.63) is 47.4 Å². The minimum Gasteiger partial charge on any atom is -0.478 e. The van der Waals surface area contributed by atoms with E-state index in [2.05, 4.69) is 10.3 Å². The van der Waals surface area contributed by atoms with Crippen LogP contribution in [0.1, 0.15) is 15.9 Å². The van der Waals surface area contributed by atoms with Crippen molar-refractivity contribution in [1.82, 2.24) is 4.98 Å². The van der Waals surface area contributed by atoms with Crippen LogP contribution in [-0.4, -0.2) is 16.1 Å². The number of aryl methyl sites for hydroxylation is 1. The van der Waals surface area contributed by atoms with Gasteiger partial charge in [-0.1, -0.05) is 0 Å². The van der Waals surface area contributed by atoms with Gasteiger partial charge in [0.25, 0.3) is 0 Å². The lowest BCUT2D eigenvalue weighted by Gasteiger charge is -2.12. The van der Waals surface area contributed by atoms with Gasteiger partial charge in [-0.25, -0.2) is 14.2 Å². The van der Waals surface area contributed by atoms with E-state index in [1.807, 2.05) is 0 Å². The van der Waals surface area contributed by atoms with Gasteiger partial charge in [0.2, 0.25) is 0 Å². The lowest BCUT2D eigenvalue weighted by Crippen LogP contribution is -2.07. The first-order valence-corrected chi connectivity index (χ1v) is 5.50. The number of carbonyl (C=O) groups is 1. The minimum atomic E-state index is -1.13. The second-order valence-electron chi connectivity index (χ2n) is 4.01. The van der Waals surface area contributed by atoms with E-state index in [0.29, 0.717) is 11.3 Å². The molecule has 0 aliphatic rings. The third kappa shape index (κ3) is 2.62. The number of halogens is 1. The van der Waals surface area contributed by atoms with Gasteiger partial charge in [-0.05, 0) is 36.8 Å². The number of rotatable bonds is 3. The first-order chi connectivity index (χ1) is 8.99. The zero-order valence-corrected chi connectivity index (χ0v) is 10.1. The number of nitrogen functional groups attached to an aromatic ring is 1. The molecule has 0 fully saturated rings. The number of nitrogens with two attached hydrogens (primary N) is 1. The summed E-state index contributed by atoms with van der Waals surface area (Å²) in [4.78, 5) is 14.9. The van der Waals surface area contributed by atoms with Crippen LogP contribution in [-0.2, 0) is 0 Å². The maximum atomic E-state index is 13.0. The van der Waals surface area contributed by atoms with Gasteiger partial charge < -0.3 is 16.2 Å². The molecule has 0 aliphatic heterocycles. The molecule has 1 heterocycles. The molecule has 0 spiro atoms. The average molecular weight is 261 g/mol. The Morgan fingerprint density at radius 1 is 1.42 bits per heavy atom. The van der Waals surface area contributed by atoms with Crippen LogP contribution in [0.5, 0.6) is 0 Å². The molecule has 0 atom stereocenters. The van der Waals surface area contributed by atoms with E-state index >= 15 is 0 Å². The molecule has 2 aromatic rings. The minimum absolute atomic E-state index is 0.0303. The van der Waals surface area contributed by atoms with Crippen LogP contribution in [0, 0.1) is 12.7 Å². The first kappa shape index (κ1) is 12.8. The fraction of sp³-hybridized carbons (Fsp3) is 0.0769. The van der Waals surface area contributed by atoms with Crippen molar-refractivity contribution in [2.45, 2.75) is 6.92 Å². The summed E-state index contributed by atoms with van der Waals surface area (Å²) in [5.74, 6) is -1.24. The summed E-state index contributed by atoms with van der Waals surface area (Å²) in [5, 5.41) is 11.9. The second kappa shape index (κ2) is 4.93. The van der Waals surface area contributed by atoms with Crippen LogP contribution in [0.4, 0.5) is 21.6 Å². The lowest BCUT2D eigenvalue weighted by molar-refractivity contribution is 0.0698. The summed E-state index contributed by atoms with van der Waals surface area (Å²) >= 11 is 0. The number of carboxylic acids is 1. The van der Waals surface area contributed by atoms with Gasteiger partial charge in [0.05, 0.1) is 11.3 Å². The fourth-order valence-corrected chi connectivity index (χ4v) is 1.65. The largest absolute Gasteiger partial charge is 0.478 e. The van der Waals surface area contributed by atoms with Crippen LogP contribution in [0.2, 0.25) is 0 Å². The van der Waals surface area contributed by atoms with Crippen molar-refractivity contribution < 1.29 is 14.3 Å². The molecule has 0 saturated heterocycles. The quantitative estimate of drug-likeness (QED) is 0.790. The number of benzene rings is 1. The molecule has 4 N–H and O–H groups in total. The molecule has 98 valence electrons. The number of hydrogen-bond acceptors (Lipinski definition) is 4. The van der Waals surface area contributed by atoms with E-state index in [-0.39, 0.29) is 22.9 Å². The van der Waals surface area contributed by atoms with E-state index in [4.69, 9.17) is 10.8 Å². The normalized spacial score (nSPS) is 10.2. The topological polar surface area (TPSA) is 88.2 Å². The Balaban J connectivity index is 2.38. The molecule has 0 aliphatic carbocycles. The van der Waals surface area contributed by atoms with Gasteiger partial charge in [0, 0.05) is 11.9 Å². The molecule has 19 heavy (non-hydrogen) atoms. The number of carboxylic acid groups (broad SMARTS) is 1. The zero-order valence-electron chi connectivity index (χ0n) is 10.1. The maximum absolute atomic E-state index is 13.0. The van der Waals surface area contributed by atoms with Crippen molar-refractivity contribution in [1.29, 1.82) is 0 Å². The van der Waals surface area contributed by atoms with Gasteiger partial charge in [-0.3, -0.25) is 0 Å². The number of nitrogens with one attached hydrogen (secondary N) is 1. The molecule has 0 unspecified atom stereocenters. The van der Waals surface area contributed by atoms with Crippen LogP contribution in [0.25, 0.3) is 0 Å². The van der Waals surface area contributed by atoms with Crippen LogP contribution < -0.4 is 11.1 Å². The summed E-state index contributed by atoms with van der Waals surface area (Å²) in [5.41, 5.74) is 7.02. The Kier molecular flexibility index (Phi) is 3.33. The first-order valence-electron chi connectivity index (χ1n) is 5.50. The maximum Gasteiger partial charge on any atom is 0.337 e. The Morgan fingerprint density at radius 2 is 2.16 bits per heavy atom. The highest BCUT2D eigenvalue weighted by Gasteiger charge is 2.13. The number of hydrogen-bond donors (Lipinski definition) is 3. The van der Waals surface area contributed by atoms with Gasteiger partial charge in [-0.2, -0.15) is 0 Å². The predicted molar refractivity (Wildman–Crippen MR) is 70.0 cm³/mol.